The molecule has 3 heteroatoms. The number of amides is 1. The number of aliphatic hydroxyl groups excluding tert-OH is 1. The first-order valence-corrected chi connectivity index (χ1v) is 4.78. The molecule has 1 aliphatic rings. The van der Waals surface area contributed by atoms with E-state index < -0.39 is 6.23 Å². The van der Waals surface area contributed by atoms with Crippen LogP contribution in [0.2, 0.25) is 0 Å². The molecule has 0 spiro atoms. The second-order valence-corrected chi connectivity index (χ2v) is 3.63. The van der Waals surface area contributed by atoms with Gasteiger partial charge in [0.05, 0.1) is 5.56 Å². The van der Waals surface area contributed by atoms with Gasteiger partial charge in [0.25, 0.3) is 5.91 Å². The molecule has 0 radical (unpaired) electrons. The van der Waals surface area contributed by atoms with Crippen LogP contribution in [0.1, 0.15) is 22.1 Å². The summed E-state index contributed by atoms with van der Waals surface area (Å²) in [5.41, 5.74) is 1.26. The van der Waals surface area contributed by atoms with Crippen LogP contribution in [0.5, 0.6) is 0 Å². The van der Waals surface area contributed by atoms with Crippen molar-refractivity contribution in [2.24, 2.45) is 0 Å². The first kappa shape index (κ1) is 8.44. The molecule has 0 fully saturated rings. The molecule has 1 atom stereocenters. The van der Waals surface area contributed by atoms with E-state index in [2.05, 4.69) is 5.32 Å². The van der Waals surface area contributed by atoms with E-state index in [1.807, 2.05) is 30.3 Å². The molecular weight excluding hydrogens is 190 g/mol. The number of rotatable bonds is 0. The summed E-state index contributed by atoms with van der Waals surface area (Å²) in [5.74, 6) is -0.200. The first-order chi connectivity index (χ1) is 7.27. The van der Waals surface area contributed by atoms with Crippen LogP contribution in [-0.4, -0.2) is 11.0 Å². The van der Waals surface area contributed by atoms with Gasteiger partial charge in [-0.1, -0.05) is 36.4 Å². The summed E-state index contributed by atoms with van der Waals surface area (Å²) in [6.45, 7) is 0. The molecule has 1 unspecified atom stereocenters. The summed E-state index contributed by atoms with van der Waals surface area (Å²) in [6, 6.07) is 11.4. The minimum atomic E-state index is -0.864. The number of carbonyl (C=O) groups excluding carboxylic acids is 1. The van der Waals surface area contributed by atoms with E-state index in [0.29, 0.717) is 11.1 Å². The van der Waals surface area contributed by atoms with Crippen LogP contribution < -0.4 is 5.32 Å². The van der Waals surface area contributed by atoms with Crippen molar-refractivity contribution < 1.29 is 9.90 Å². The van der Waals surface area contributed by atoms with Crippen molar-refractivity contribution in [1.82, 2.24) is 5.32 Å². The first-order valence-electron chi connectivity index (χ1n) is 4.78. The van der Waals surface area contributed by atoms with E-state index in [0.717, 1.165) is 10.8 Å². The Labute approximate surface area is 86.3 Å². The normalized spacial score (nSPS) is 19.0. The van der Waals surface area contributed by atoms with Gasteiger partial charge in [-0.3, -0.25) is 4.79 Å². The fourth-order valence-electron chi connectivity index (χ4n) is 2.04. The second-order valence-electron chi connectivity index (χ2n) is 3.63. The highest BCUT2D eigenvalue weighted by Crippen LogP contribution is 2.30. The number of hydrogen-bond acceptors (Lipinski definition) is 2. The highest BCUT2D eigenvalue weighted by atomic mass is 16.3. The average molecular weight is 199 g/mol. The number of aliphatic hydroxyl groups is 1. The third-order valence-corrected chi connectivity index (χ3v) is 2.75. The Morgan fingerprint density at radius 3 is 2.80 bits per heavy atom. The molecule has 2 aromatic carbocycles. The Morgan fingerprint density at radius 1 is 1.13 bits per heavy atom. The van der Waals surface area contributed by atoms with Crippen LogP contribution >= 0.6 is 0 Å². The molecule has 1 amide bonds. The van der Waals surface area contributed by atoms with Gasteiger partial charge in [-0.05, 0) is 10.8 Å². The van der Waals surface area contributed by atoms with E-state index in [4.69, 9.17) is 0 Å². The zero-order valence-electron chi connectivity index (χ0n) is 7.90. The summed E-state index contributed by atoms with van der Waals surface area (Å²) in [7, 11) is 0. The predicted octanol–water partition coefficient (Wildman–Crippen LogP) is 1.57. The molecule has 3 nitrogen and oxygen atoms in total. The summed E-state index contributed by atoms with van der Waals surface area (Å²) < 4.78 is 0. The smallest absolute Gasteiger partial charge is 0.254 e. The van der Waals surface area contributed by atoms with Gasteiger partial charge in [0.15, 0.2) is 6.23 Å². The third kappa shape index (κ3) is 1.07. The average Bonchev–Trinajstić information content (AvgIpc) is 2.55. The van der Waals surface area contributed by atoms with Gasteiger partial charge in [0, 0.05) is 5.56 Å². The summed E-state index contributed by atoms with van der Waals surface area (Å²) in [5, 5.41) is 14.0. The fraction of sp³-hybridized carbons (Fsp3) is 0.0833. The lowest BCUT2D eigenvalue weighted by atomic mass is 10.0. The number of nitrogens with one attached hydrogen (secondary N) is 1. The number of fused-ring (bicyclic) bond motifs is 3. The van der Waals surface area contributed by atoms with Gasteiger partial charge >= 0.3 is 0 Å². The maximum Gasteiger partial charge on any atom is 0.254 e. The van der Waals surface area contributed by atoms with Crippen LogP contribution in [0.25, 0.3) is 10.8 Å². The topological polar surface area (TPSA) is 49.3 Å². The molecular formula is C12H9NO2. The molecule has 0 aromatic heterocycles. The van der Waals surface area contributed by atoms with Crippen molar-refractivity contribution in [1.29, 1.82) is 0 Å². The summed E-state index contributed by atoms with van der Waals surface area (Å²) in [4.78, 5) is 11.6. The molecule has 74 valence electrons. The third-order valence-electron chi connectivity index (χ3n) is 2.75. The van der Waals surface area contributed by atoms with Crippen molar-refractivity contribution in [2.75, 3.05) is 0 Å². The molecule has 0 saturated heterocycles. The molecule has 0 bridgehead atoms. The number of benzene rings is 2. The van der Waals surface area contributed by atoms with Crippen LogP contribution in [0.15, 0.2) is 36.4 Å². The number of carbonyl (C=O) groups is 1. The van der Waals surface area contributed by atoms with Crippen molar-refractivity contribution in [3.8, 4) is 0 Å². The van der Waals surface area contributed by atoms with Gasteiger partial charge in [-0.2, -0.15) is 0 Å². The molecule has 2 aromatic rings. The Hall–Kier alpha value is -1.87. The van der Waals surface area contributed by atoms with E-state index >= 15 is 0 Å². The van der Waals surface area contributed by atoms with E-state index in [1.165, 1.54) is 0 Å². The monoisotopic (exact) mass is 199 g/mol. The Bertz CT molecular complexity index is 563. The molecule has 1 heterocycles. The summed E-state index contributed by atoms with van der Waals surface area (Å²) in [6.07, 6.45) is -0.864. The Balaban J connectivity index is 2.44. The molecule has 0 aliphatic carbocycles. The highest BCUT2D eigenvalue weighted by molar-refractivity contribution is 6.10. The highest BCUT2D eigenvalue weighted by Gasteiger charge is 2.28. The Kier molecular flexibility index (Phi) is 1.58. The van der Waals surface area contributed by atoms with Gasteiger partial charge in [-0.25, -0.2) is 0 Å². The summed E-state index contributed by atoms with van der Waals surface area (Å²) >= 11 is 0. The predicted molar refractivity (Wildman–Crippen MR) is 56.4 cm³/mol. The minimum Gasteiger partial charge on any atom is -0.369 e. The minimum absolute atomic E-state index is 0.200. The fourth-order valence-corrected chi connectivity index (χ4v) is 2.04. The van der Waals surface area contributed by atoms with Gasteiger partial charge in [-0.15, -0.1) is 0 Å². The standard InChI is InChI=1S/C12H9NO2/c14-11-9-6-5-7-3-1-2-4-8(7)10(9)12(15)13-11/h1-6,11,14H,(H,13,15). The Morgan fingerprint density at radius 2 is 1.93 bits per heavy atom. The van der Waals surface area contributed by atoms with Crippen molar-refractivity contribution >= 4 is 16.7 Å². The lowest BCUT2D eigenvalue weighted by Gasteiger charge is -2.03. The zero-order valence-corrected chi connectivity index (χ0v) is 7.90. The van der Waals surface area contributed by atoms with Crippen LogP contribution in [0, 0.1) is 0 Å². The van der Waals surface area contributed by atoms with Crippen molar-refractivity contribution in [2.45, 2.75) is 6.23 Å². The molecule has 3 rings (SSSR count). The lowest BCUT2D eigenvalue weighted by molar-refractivity contribution is 0.0851. The van der Waals surface area contributed by atoms with Crippen LogP contribution in [-0.2, 0) is 0 Å². The SMILES string of the molecule is O=C1NC(O)c2ccc3ccccc3c21. The maximum atomic E-state index is 11.6. The quantitative estimate of drug-likeness (QED) is 0.676. The van der Waals surface area contributed by atoms with E-state index in [1.54, 1.807) is 6.07 Å². The molecule has 1 aliphatic heterocycles. The van der Waals surface area contributed by atoms with Crippen LogP contribution in [0.3, 0.4) is 0 Å². The largest absolute Gasteiger partial charge is 0.369 e. The molecule has 15 heavy (non-hydrogen) atoms. The molecule has 2 N–H and O–H groups in total. The van der Waals surface area contributed by atoms with Crippen LogP contribution in [0.4, 0.5) is 0 Å². The molecule has 0 saturated carbocycles. The lowest BCUT2D eigenvalue weighted by Crippen LogP contribution is -2.18. The van der Waals surface area contributed by atoms with Gasteiger partial charge < -0.3 is 10.4 Å². The number of hydrogen-bond donors (Lipinski definition) is 2. The van der Waals surface area contributed by atoms with E-state index in [9.17, 15) is 9.90 Å². The van der Waals surface area contributed by atoms with Crippen molar-refractivity contribution in [3.05, 3.63) is 47.5 Å². The van der Waals surface area contributed by atoms with Crippen molar-refractivity contribution in [3.63, 3.8) is 0 Å². The van der Waals surface area contributed by atoms with Gasteiger partial charge in [0.1, 0.15) is 0 Å². The maximum absolute atomic E-state index is 11.6. The van der Waals surface area contributed by atoms with E-state index in [-0.39, 0.29) is 5.91 Å². The van der Waals surface area contributed by atoms with Gasteiger partial charge in [0.2, 0.25) is 0 Å². The zero-order chi connectivity index (χ0) is 10.4. The second kappa shape index (κ2) is 2.81.